The molecule has 1 aliphatic rings. The van der Waals surface area contributed by atoms with Crippen LogP contribution in [0.25, 0.3) is 0 Å². The molecule has 1 aliphatic heterocycles. The minimum absolute atomic E-state index is 0.0507. The predicted molar refractivity (Wildman–Crippen MR) is 71.5 cm³/mol. The Labute approximate surface area is 104 Å². The highest BCUT2D eigenvalue weighted by Crippen LogP contribution is 2.22. The van der Waals surface area contributed by atoms with Crippen LogP contribution in [0, 0.1) is 5.41 Å². The Hall–Kier alpha value is -0.440. The Bertz CT molecular complexity index is 268. The van der Waals surface area contributed by atoms with E-state index in [0.29, 0.717) is 6.42 Å². The van der Waals surface area contributed by atoms with Crippen molar-refractivity contribution < 1.29 is 4.79 Å². The molecule has 16 heavy (non-hydrogen) atoms. The Morgan fingerprint density at radius 2 is 1.88 bits per heavy atom. The van der Waals surface area contributed by atoms with Crippen molar-refractivity contribution in [3.8, 4) is 0 Å². The first-order chi connectivity index (χ1) is 7.40. The molecule has 1 amide bonds. The summed E-state index contributed by atoms with van der Waals surface area (Å²) in [6.45, 7) is 7.11. The van der Waals surface area contributed by atoms with Gasteiger partial charge in [-0.25, -0.2) is 0 Å². The summed E-state index contributed by atoms with van der Waals surface area (Å²) in [7, 11) is 0. The van der Waals surface area contributed by atoms with Crippen molar-refractivity contribution >= 4 is 23.1 Å². The highest BCUT2D eigenvalue weighted by molar-refractivity contribution is 7.80. The quantitative estimate of drug-likeness (QED) is 0.654. The van der Waals surface area contributed by atoms with Crippen molar-refractivity contribution in [3.05, 3.63) is 0 Å². The molecule has 0 atom stereocenters. The smallest absolute Gasteiger partial charge is 0.227 e. The number of likely N-dealkylation sites (tertiary alicyclic amines) is 1. The molecule has 0 aromatic carbocycles. The molecule has 1 saturated heterocycles. The molecular weight excluding hydrogens is 218 g/mol. The summed E-state index contributed by atoms with van der Waals surface area (Å²) in [5.41, 5.74) is 0.0507. The van der Waals surface area contributed by atoms with E-state index in [9.17, 15) is 4.79 Å². The molecule has 0 N–H and O–H groups in total. The van der Waals surface area contributed by atoms with Crippen LogP contribution in [-0.2, 0) is 4.79 Å². The fourth-order valence-electron chi connectivity index (χ4n) is 1.97. The van der Waals surface area contributed by atoms with Gasteiger partial charge in [-0.3, -0.25) is 4.79 Å². The average molecular weight is 241 g/mol. The number of nitrogens with zero attached hydrogens (tertiary/aromatic N) is 1. The van der Waals surface area contributed by atoms with E-state index in [-0.39, 0.29) is 11.3 Å². The second-order valence-corrected chi connectivity index (χ2v) is 6.31. The second-order valence-electron chi connectivity index (χ2n) is 5.84. The Morgan fingerprint density at radius 1 is 1.25 bits per heavy atom. The van der Waals surface area contributed by atoms with Crippen molar-refractivity contribution in [2.75, 3.05) is 6.54 Å². The zero-order valence-electron chi connectivity index (χ0n) is 10.7. The van der Waals surface area contributed by atoms with Gasteiger partial charge in [0, 0.05) is 13.0 Å². The van der Waals surface area contributed by atoms with Crippen molar-refractivity contribution in [1.82, 2.24) is 4.90 Å². The van der Waals surface area contributed by atoms with E-state index in [1.807, 2.05) is 4.90 Å². The van der Waals surface area contributed by atoms with E-state index in [2.05, 4.69) is 20.8 Å². The summed E-state index contributed by atoms with van der Waals surface area (Å²) in [4.78, 5) is 14.8. The van der Waals surface area contributed by atoms with E-state index >= 15 is 0 Å². The summed E-state index contributed by atoms with van der Waals surface area (Å²) in [5, 5.41) is 0. The molecule has 3 heteroatoms. The first kappa shape index (κ1) is 13.6. The first-order valence-corrected chi connectivity index (χ1v) is 6.64. The van der Waals surface area contributed by atoms with Crippen LogP contribution in [0.4, 0.5) is 0 Å². The van der Waals surface area contributed by atoms with Crippen LogP contribution in [0.2, 0.25) is 0 Å². The SMILES string of the molecule is CC(C)(C)CC(=O)N1CCCCCCC1=S. The molecule has 0 unspecified atom stereocenters. The molecule has 0 aromatic heterocycles. The van der Waals surface area contributed by atoms with E-state index in [1.165, 1.54) is 12.8 Å². The highest BCUT2D eigenvalue weighted by atomic mass is 32.1. The topological polar surface area (TPSA) is 20.3 Å². The molecule has 0 spiro atoms. The van der Waals surface area contributed by atoms with Crippen LogP contribution in [-0.4, -0.2) is 22.3 Å². The van der Waals surface area contributed by atoms with Gasteiger partial charge in [-0.1, -0.05) is 45.8 Å². The molecule has 92 valence electrons. The molecule has 0 bridgehead atoms. The van der Waals surface area contributed by atoms with E-state index in [1.54, 1.807) is 0 Å². The minimum atomic E-state index is 0.0507. The number of amides is 1. The van der Waals surface area contributed by atoms with Crippen LogP contribution in [0.15, 0.2) is 0 Å². The molecule has 1 rings (SSSR count). The molecule has 2 nitrogen and oxygen atoms in total. The Balaban J connectivity index is 2.60. The van der Waals surface area contributed by atoms with Crippen LogP contribution in [0.3, 0.4) is 0 Å². The van der Waals surface area contributed by atoms with Gasteiger partial charge < -0.3 is 4.90 Å². The number of hydrogen-bond donors (Lipinski definition) is 0. The zero-order chi connectivity index (χ0) is 12.2. The van der Waals surface area contributed by atoms with Crippen molar-refractivity contribution in [1.29, 1.82) is 0 Å². The standard InChI is InChI=1S/C13H23NOS/c1-13(2,3)10-11(15)14-9-7-5-4-6-8-12(14)16/h4-10H2,1-3H3. The molecule has 1 heterocycles. The van der Waals surface area contributed by atoms with Gasteiger partial charge in [0.1, 0.15) is 0 Å². The Kier molecular flexibility index (Phi) is 4.90. The van der Waals surface area contributed by atoms with Gasteiger partial charge >= 0.3 is 0 Å². The van der Waals surface area contributed by atoms with Gasteiger partial charge in [-0.2, -0.15) is 0 Å². The van der Waals surface area contributed by atoms with Crippen LogP contribution < -0.4 is 0 Å². The maximum Gasteiger partial charge on any atom is 0.227 e. The number of carbonyl (C=O) groups is 1. The van der Waals surface area contributed by atoms with Gasteiger partial charge in [0.05, 0.1) is 4.99 Å². The molecular formula is C13H23NOS. The number of rotatable bonds is 1. The lowest BCUT2D eigenvalue weighted by Gasteiger charge is -2.28. The second kappa shape index (κ2) is 5.76. The summed E-state index contributed by atoms with van der Waals surface area (Å²) < 4.78 is 0. The van der Waals surface area contributed by atoms with Crippen LogP contribution >= 0.6 is 12.2 Å². The predicted octanol–water partition coefficient (Wildman–Crippen LogP) is 3.54. The maximum atomic E-state index is 12.1. The number of carbonyl (C=O) groups excluding carboxylic acids is 1. The van der Waals surface area contributed by atoms with Gasteiger partial charge in [0.25, 0.3) is 0 Å². The first-order valence-electron chi connectivity index (χ1n) is 6.23. The largest absolute Gasteiger partial charge is 0.307 e. The van der Waals surface area contributed by atoms with Crippen LogP contribution in [0.5, 0.6) is 0 Å². The molecule has 1 fully saturated rings. The third-order valence-electron chi connectivity index (χ3n) is 2.81. The lowest BCUT2D eigenvalue weighted by Crippen LogP contribution is -2.39. The van der Waals surface area contributed by atoms with Crippen molar-refractivity contribution in [2.24, 2.45) is 5.41 Å². The van der Waals surface area contributed by atoms with Crippen molar-refractivity contribution in [2.45, 2.75) is 59.3 Å². The molecule has 0 radical (unpaired) electrons. The maximum absolute atomic E-state index is 12.1. The third-order valence-corrected chi connectivity index (χ3v) is 3.23. The fraction of sp³-hybridized carbons (Fsp3) is 0.846. The van der Waals surface area contributed by atoms with Gasteiger partial charge in [-0.05, 0) is 24.7 Å². The molecule has 0 aliphatic carbocycles. The van der Waals surface area contributed by atoms with Gasteiger partial charge in [0.2, 0.25) is 5.91 Å². The Morgan fingerprint density at radius 3 is 2.50 bits per heavy atom. The lowest BCUT2D eigenvalue weighted by atomic mass is 9.91. The number of thiocarbonyl (C=S) groups is 1. The summed E-state index contributed by atoms with van der Waals surface area (Å²) in [6, 6.07) is 0. The van der Waals surface area contributed by atoms with E-state index in [0.717, 1.165) is 30.8 Å². The molecule has 0 saturated carbocycles. The minimum Gasteiger partial charge on any atom is -0.307 e. The summed E-state index contributed by atoms with van der Waals surface area (Å²) >= 11 is 5.34. The highest BCUT2D eigenvalue weighted by Gasteiger charge is 2.23. The average Bonchev–Trinajstić information content (AvgIpc) is 2.08. The van der Waals surface area contributed by atoms with E-state index < -0.39 is 0 Å². The van der Waals surface area contributed by atoms with Crippen molar-refractivity contribution in [3.63, 3.8) is 0 Å². The zero-order valence-corrected chi connectivity index (χ0v) is 11.5. The van der Waals surface area contributed by atoms with E-state index in [4.69, 9.17) is 12.2 Å². The lowest BCUT2D eigenvalue weighted by molar-refractivity contribution is -0.129. The summed E-state index contributed by atoms with van der Waals surface area (Å²) in [6.07, 6.45) is 6.20. The van der Waals surface area contributed by atoms with Gasteiger partial charge in [-0.15, -0.1) is 0 Å². The number of hydrogen-bond acceptors (Lipinski definition) is 2. The van der Waals surface area contributed by atoms with Gasteiger partial charge in [0.15, 0.2) is 0 Å². The fourth-order valence-corrected chi connectivity index (χ4v) is 2.31. The molecule has 0 aromatic rings. The third kappa shape index (κ3) is 4.60. The van der Waals surface area contributed by atoms with Crippen LogP contribution in [0.1, 0.15) is 59.3 Å². The monoisotopic (exact) mass is 241 g/mol. The normalized spacial score (nSPS) is 19.2. The summed E-state index contributed by atoms with van der Waals surface area (Å²) in [5.74, 6) is 0.208.